The molecule has 0 aromatic heterocycles. The maximum atomic E-state index is 15.2. The van der Waals surface area contributed by atoms with E-state index in [1.54, 1.807) is 0 Å². The molecule has 4 aliphatic rings. The number of carboxylic acids is 9. The summed E-state index contributed by atoms with van der Waals surface area (Å²) < 4.78 is 0. The van der Waals surface area contributed by atoms with Crippen LogP contribution in [0.15, 0.2) is 0 Å². The molecule has 0 unspecified atom stereocenters. The molecule has 0 aromatic rings. The number of carboxylic acid groups (broad SMARTS) is 9. The summed E-state index contributed by atoms with van der Waals surface area (Å²) in [4.78, 5) is 165. The van der Waals surface area contributed by atoms with Crippen LogP contribution >= 0.6 is 0 Å². The highest BCUT2D eigenvalue weighted by molar-refractivity contribution is 5.85. The number of rotatable bonds is 41. The van der Waals surface area contributed by atoms with Crippen LogP contribution in [0.3, 0.4) is 0 Å². The van der Waals surface area contributed by atoms with E-state index in [0.29, 0.717) is 19.3 Å². The summed E-state index contributed by atoms with van der Waals surface area (Å²) in [6.07, 6.45) is -7.97. The number of hydrogen-bond donors (Lipinski definition) is 13. The molecule has 4 saturated carbocycles. The molecule has 4 fully saturated rings. The molecule has 4 amide bonds. The fourth-order valence-electron chi connectivity index (χ4n) is 12.3. The number of nitrogens with one attached hydrogen (secondary N) is 4. The van der Waals surface area contributed by atoms with Crippen molar-refractivity contribution in [3.8, 4) is 0 Å². The number of aliphatic carboxylic acids is 9. The fourth-order valence-corrected chi connectivity index (χ4v) is 12.3. The van der Waals surface area contributed by atoms with Crippen LogP contribution in [0.1, 0.15) is 193 Å². The molecule has 4 aliphatic carbocycles. The molecule has 0 spiro atoms. The SMILES string of the molecule is O=C(O)CCC(CCC(=O)O)(CCC(=O)O)NC(=O)CCC(CCC(=O)NC(CCC(=O)O)(CCC(=O)O)CCC(=O)O)(CCC(=O)NC(CCC(=O)O)(CCC(=O)O)CCC(=O)O)NC(=O)C12CC3CC(CC(C3)C1)C2. The second kappa shape index (κ2) is 29.0. The van der Waals surface area contributed by atoms with Crippen molar-refractivity contribution in [3.63, 3.8) is 0 Å². The Morgan fingerprint density at radius 1 is 0.286 bits per heavy atom. The van der Waals surface area contributed by atoms with Gasteiger partial charge in [-0.1, -0.05) is 0 Å². The van der Waals surface area contributed by atoms with Gasteiger partial charge in [-0.15, -0.1) is 0 Å². The van der Waals surface area contributed by atoms with E-state index in [0.717, 1.165) is 19.3 Å². The highest BCUT2D eigenvalue weighted by Gasteiger charge is 2.56. The zero-order chi connectivity index (χ0) is 57.8. The highest BCUT2D eigenvalue weighted by atomic mass is 16.4. The molecule has 0 aliphatic heterocycles. The molecule has 13 N–H and O–H groups in total. The summed E-state index contributed by atoms with van der Waals surface area (Å²) >= 11 is 0. The zero-order valence-corrected chi connectivity index (χ0v) is 43.3. The van der Waals surface area contributed by atoms with Gasteiger partial charge >= 0.3 is 53.7 Å². The van der Waals surface area contributed by atoms with Crippen molar-refractivity contribution in [2.75, 3.05) is 0 Å². The van der Waals surface area contributed by atoms with Crippen molar-refractivity contribution in [2.24, 2.45) is 23.2 Å². The van der Waals surface area contributed by atoms with Gasteiger partial charge in [-0.25, -0.2) is 0 Å². The third kappa shape index (κ3) is 22.3. The van der Waals surface area contributed by atoms with Gasteiger partial charge in [0, 0.05) is 105 Å². The molecule has 0 heterocycles. The van der Waals surface area contributed by atoms with Gasteiger partial charge < -0.3 is 67.2 Å². The van der Waals surface area contributed by atoms with Crippen LogP contribution < -0.4 is 21.3 Å². The molecule has 432 valence electrons. The van der Waals surface area contributed by atoms with E-state index in [9.17, 15) is 103 Å². The smallest absolute Gasteiger partial charge is 0.303 e. The number of carbonyl (C=O) groups is 13. The van der Waals surface area contributed by atoms with Crippen LogP contribution in [0.25, 0.3) is 0 Å². The van der Waals surface area contributed by atoms with Crippen molar-refractivity contribution in [3.05, 3.63) is 0 Å². The topological polar surface area (TPSA) is 452 Å². The fraction of sp³-hybridized carbons (Fsp3) is 0.745. The Bertz CT molecular complexity index is 1840. The Balaban J connectivity index is 2.23. The Hall–Kier alpha value is -6.89. The van der Waals surface area contributed by atoms with Crippen LogP contribution in [-0.4, -0.2) is 145 Å². The molecule has 0 saturated heterocycles. The average molecular weight is 1100 g/mol. The predicted molar refractivity (Wildman–Crippen MR) is 264 cm³/mol. The Morgan fingerprint density at radius 3 is 0.636 bits per heavy atom. The monoisotopic (exact) mass is 1100 g/mol. The lowest BCUT2D eigenvalue weighted by atomic mass is 9.49. The number of amides is 4. The van der Waals surface area contributed by atoms with E-state index in [4.69, 9.17) is 0 Å². The molecule has 4 bridgehead atoms. The van der Waals surface area contributed by atoms with Gasteiger partial charge in [0.15, 0.2) is 0 Å². The van der Waals surface area contributed by atoms with E-state index in [1.807, 2.05) is 0 Å². The van der Waals surface area contributed by atoms with Gasteiger partial charge in [-0.3, -0.25) is 62.3 Å². The lowest BCUT2D eigenvalue weighted by molar-refractivity contribution is -0.149. The molecule has 4 rings (SSSR count). The largest absolute Gasteiger partial charge is 0.481 e. The van der Waals surface area contributed by atoms with E-state index in [2.05, 4.69) is 21.3 Å². The van der Waals surface area contributed by atoms with Gasteiger partial charge in [0.25, 0.3) is 0 Å². The van der Waals surface area contributed by atoms with Crippen molar-refractivity contribution < 1.29 is 108 Å². The molecule has 77 heavy (non-hydrogen) atoms. The molecule has 26 nitrogen and oxygen atoms in total. The lowest BCUT2D eigenvalue weighted by Gasteiger charge is -2.56. The lowest BCUT2D eigenvalue weighted by Crippen LogP contribution is -2.60. The second-order valence-corrected chi connectivity index (χ2v) is 22.0. The van der Waals surface area contributed by atoms with E-state index in [1.165, 1.54) is 0 Å². The predicted octanol–water partition coefficient (Wildman–Crippen LogP) is 3.75. The maximum absolute atomic E-state index is 15.2. The zero-order valence-electron chi connectivity index (χ0n) is 43.3. The third-order valence-electron chi connectivity index (χ3n) is 16.0. The summed E-state index contributed by atoms with van der Waals surface area (Å²) in [7, 11) is 0. The maximum Gasteiger partial charge on any atom is 0.303 e. The van der Waals surface area contributed by atoms with Gasteiger partial charge in [0.05, 0.1) is 0 Å². The van der Waals surface area contributed by atoms with Crippen LogP contribution in [0.4, 0.5) is 0 Å². The van der Waals surface area contributed by atoms with Gasteiger partial charge in [0.1, 0.15) is 0 Å². The standard InChI is InChI=1S/C51H76N4O22/c56-34(52-48(16-4-37(59)60,17-5-38(61)62)18-6-39(63)64)1-13-51(55-46(77)47-28-31-25-32(29-47)27-33(26-31)30-47,14-2-35(57)53-49(19-7-40(65)66,20-8-41(67)68)21-9-42(69)70)15-3-36(58)54-50(22-10-43(71)72,23-11-44(73)74)24-12-45(75)76/h31-33H,1-30H2,(H,52,56)(H,53,57)(H,54,58)(H,55,77)(H,59,60)(H,61,62)(H,63,64)(H,65,66)(H,67,68)(H,69,70)(H,71,72)(H,73,74)(H,75,76). The Kier molecular flexibility index (Phi) is 24.3. The summed E-state index contributed by atoms with van der Waals surface area (Å²) in [5.74, 6) is -14.5. The first kappa shape index (κ1) is 64.4. The minimum absolute atomic E-state index is 0.213. The normalized spacial score (nSPS) is 18.8. The molecular formula is C51H76N4O22. The Labute approximate surface area is 443 Å². The molecule has 0 aromatic carbocycles. The van der Waals surface area contributed by atoms with E-state index >= 15 is 4.79 Å². The minimum atomic E-state index is -1.78. The molecule has 0 atom stereocenters. The average Bonchev–Trinajstić information content (AvgIpc) is 3.32. The molecule has 26 heteroatoms. The van der Waals surface area contributed by atoms with Gasteiger partial charge in [-0.2, -0.15) is 0 Å². The van der Waals surface area contributed by atoms with E-state index < -0.39 is 259 Å². The summed E-state index contributed by atoms with van der Waals surface area (Å²) in [6.45, 7) is 0. The first-order chi connectivity index (χ1) is 35.9. The van der Waals surface area contributed by atoms with Gasteiger partial charge in [-0.05, 0) is 133 Å². The van der Waals surface area contributed by atoms with Crippen LogP contribution in [0, 0.1) is 23.2 Å². The second-order valence-electron chi connectivity index (χ2n) is 22.0. The first-order valence-corrected chi connectivity index (χ1v) is 26.1. The quantitative estimate of drug-likeness (QED) is 0.0414. The summed E-state index contributed by atoms with van der Waals surface area (Å²) in [5, 5.41) is 97.7. The van der Waals surface area contributed by atoms with Crippen molar-refractivity contribution in [1.82, 2.24) is 21.3 Å². The molecule has 0 radical (unpaired) electrons. The minimum Gasteiger partial charge on any atom is -0.481 e. The highest BCUT2D eigenvalue weighted by Crippen LogP contribution is 2.60. The third-order valence-corrected chi connectivity index (χ3v) is 16.0. The van der Waals surface area contributed by atoms with Crippen molar-refractivity contribution in [2.45, 2.75) is 215 Å². The van der Waals surface area contributed by atoms with Gasteiger partial charge in [0.2, 0.25) is 23.6 Å². The van der Waals surface area contributed by atoms with Crippen molar-refractivity contribution >= 4 is 77.4 Å². The summed E-state index contributed by atoms with van der Waals surface area (Å²) in [6, 6.07) is 0. The van der Waals surface area contributed by atoms with E-state index in [-0.39, 0.29) is 17.8 Å². The van der Waals surface area contributed by atoms with Crippen LogP contribution in [-0.2, 0) is 62.3 Å². The molecular weight excluding hydrogens is 1020 g/mol. The number of hydrogen-bond acceptors (Lipinski definition) is 13. The first-order valence-electron chi connectivity index (χ1n) is 26.1. The van der Waals surface area contributed by atoms with Crippen LogP contribution in [0.5, 0.6) is 0 Å². The Morgan fingerprint density at radius 2 is 0.455 bits per heavy atom. The van der Waals surface area contributed by atoms with Crippen LogP contribution in [0.2, 0.25) is 0 Å². The summed E-state index contributed by atoms with van der Waals surface area (Å²) in [5.41, 5.74) is -7.81. The van der Waals surface area contributed by atoms with Crippen molar-refractivity contribution in [1.29, 1.82) is 0 Å². The number of carbonyl (C=O) groups excluding carboxylic acids is 4.